The van der Waals surface area contributed by atoms with Crippen molar-refractivity contribution in [2.75, 3.05) is 20.5 Å². The number of hydrogen-bond donors (Lipinski definition) is 4. The van der Waals surface area contributed by atoms with E-state index in [-0.39, 0.29) is 29.7 Å². The summed E-state index contributed by atoms with van der Waals surface area (Å²) >= 11 is 1.69. The SMILES string of the molecule is COc1ccc([C@H]2CC(=O)C3=C(C2)NC2NNC(O)C2[C@@H]3c2ccc(SC)cc2)cc1OC. The van der Waals surface area contributed by atoms with Crippen molar-refractivity contribution in [2.24, 2.45) is 5.92 Å². The smallest absolute Gasteiger partial charge is 0.161 e. The van der Waals surface area contributed by atoms with Gasteiger partial charge in [-0.05, 0) is 54.0 Å². The molecule has 2 aromatic carbocycles. The van der Waals surface area contributed by atoms with Crippen LogP contribution in [-0.2, 0) is 4.79 Å². The molecule has 0 aromatic heterocycles. The molecule has 0 radical (unpaired) electrons. The van der Waals surface area contributed by atoms with E-state index in [1.807, 2.05) is 24.5 Å². The maximum Gasteiger partial charge on any atom is 0.161 e. The molecule has 0 bridgehead atoms. The van der Waals surface area contributed by atoms with Gasteiger partial charge in [0.25, 0.3) is 0 Å². The van der Waals surface area contributed by atoms with E-state index in [9.17, 15) is 9.90 Å². The minimum atomic E-state index is -0.752. The second kappa shape index (κ2) is 9.02. The number of thioether (sulfide) groups is 1. The lowest BCUT2D eigenvalue weighted by molar-refractivity contribution is -0.117. The van der Waals surface area contributed by atoms with Gasteiger partial charge in [0, 0.05) is 34.4 Å². The summed E-state index contributed by atoms with van der Waals surface area (Å²) in [6.45, 7) is 0. The minimum Gasteiger partial charge on any atom is -0.493 e. The van der Waals surface area contributed by atoms with E-state index in [1.165, 1.54) is 4.90 Å². The largest absolute Gasteiger partial charge is 0.493 e. The Morgan fingerprint density at radius 2 is 1.70 bits per heavy atom. The van der Waals surface area contributed by atoms with Gasteiger partial charge in [-0.25, -0.2) is 10.9 Å². The summed E-state index contributed by atoms with van der Waals surface area (Å²) in [4.78, 5) is 14.8. The van der Waals surface area contributed by atoms with Gasteiger partial charge in [-0.2, -0.15) is 0 Å². The van der Waals surface area contributed by atoms with E-state index in [4.69, 9.17) is 9.47 Å². The standard InChI is InChI=1S/C25H29N3O4S/c1-31-19-9-6-14(12-20(19)32-2)15-10-17-22(18(29)11-15)21(13-4-7-16(33-3)8-5-13)23-24(26-17)27-28-25(23)30/h4-9,12,15,21,23-28,30H,10-11H2,1-3H3/t15-,21-,23?,24?,25?/m1/s1. The third-order valence-corrected chi connectivity index (χ3v) is 7.77. The van der Waals surface area contributed by atoms with Gasteiger partial charge in [0.15, 0.2) is 17.3 Å². The molecule has 33 heavy (non-hydrogen) atoms. The van der Waals surface area contributed by atoms with Crippen molar-refractivity contribution >= 4 is 17.5 Å². The highest BCUT2D eigenvalue weighted by Gasteiger charge is 2.49. The Balaban J connectivity index is 1.53. The molecular formula is C25H29N3O4S. The third-order valence-electron chi connectivity index (χ3n) is 7.02. The van der Waals surface area contributed by atoms with Crippen molar-refractivity contribution in [1.82, 2.24) is 16.2 Å². The van der Waals surface area contributed by atoms with Crippen LogP contribution >= 0.6 is 11.8 Å². The summed E-state index contributed by atoms with van der Waals surface area (Å²) in [6.07, 6.45) is 2.27. The van der Waals surface area contributed by atoms with Crippen LogP contribution in [0.25, 0.3) is 0 Å². The van der Waals surface area contributed by atoms with Gasteiger partial charge in [0.1, 0.15) is 6.23 Å². The number of ether oxygens (including phenoxy) is 2. The number of allylic oxidation sites excluding steroid dienone is 2. The zero-order chi connectivity index (χ0) is 23.1. The fourth-order valence-electron chi connectivity index (χ4n) is 5.41. The first-order valence-corrected chi connectivity index (χ1v) is 12.3. The second-order valence-electron chi connectivity index (χ2n) is 8.72. The number of ketones is 1. The maximum absolute atomic E-state index is 13.6. The highest BCUT2D eigenvalue weighted by Crippen LogP contribution is 2.48. The van der Waals surface area contributed by atoms with E-state index in [0.717, 1.165) is 28.8 Å². The molecule has 0 saturated carbocycles. The molecule has 1 fully saturated rings. The van der Waals surface area contributed by atoms with Crippen LogP contribution in [0.3, 0.4) is 0 Å². The molecule has 2 aromatic rings. The van der Waals surface area contributed by atoms with Gasteiger partial charge in [0.2, 0.25) is 0 Å². The first-order valence-electron chi connectivity index (χ1n) is 11.1. The Bertz CT molecular complexity index is 1090. The molecule has 2 aliphatic heterocycles. The third kappa shape index (κ3) is 3.91. The molecule has 0 amide bonds. The highest BCUT2D eigenvalue weighted by atomic mass is 32.2. The van der Waals surface area contributed by atoms with E-state index >= 15 is 0 Å². The molecule has 5 rings (SSSR count). The number of fused-ring (bicyclic) bond motifs is 1. The molecule has 1 saturated heterocycles. The zero-order valence-electron chi connectivity index (χ0n) is 18.9. The van der Waals surface area contributed by atoms with Crippen LogP contribution in [0.15, 0.2) is 58.6 Å². The van der Waals surface area contributed by atoms with Crippen LogP contribution in [0.1, 0.15) is 35.8 Å². The van der Waals surface area contributed by atoms with E-state index in [1.54, 1.807) is 26.0 Å². The summed E-state index contributed by atoms with van der Waals surface area (Å²) in [5.74, 6) is 1.13. The number of carbonyl (C=O) groups is 1. The number of rotatable bonds is 5. The number of methoxy groups -OCH3 is 2. The lowest BCUT2D eigenvalue weighted by Gasteiger charge is -2.42. The number of benzene rings is 2. The van der Waals surface area contributed by atoms with Gasteiger partial charge < -0.3 is 19.9 Å². The van der Waals surface area contributed by atoms with Crippen molar-refractivity contribution in [3.63, 3.8) is 0 Å². The molecule has 2 heterocycles. The molecule has 8 heteroatoms. The number of hydrazine groups is 1. The van der Waals surface area contributed by atoms with Gasteiger partial charge in [0.05, 0.1) is 20.4 Å². The highest BCUT2D eigenvalue weighted by molar-refractivity contribution is 7.98. The van der Waals surface area contributed by atoms with Crippen LogP contribution in [0.5, 0.6) is 11.5 Å². The van der Waals surface area contributed by atoms with Crippen LogP contribution in [0, 0.1) is 5.92 Å². The van der Waals surface area contributed by atoms with Crippen molar-refractivity contribution < 1.29 is 19.4 Å². The zero-order valence-corrected chi connectivity index (χ0v) is 19.7. The lowest BCUT2D eigenvalue weighted by Crippen LogP contribution is -2.51. The monoisotopic (exact) mass is 467 g/mol. The average molecular weight is 468 g/mol. The molecule has 5 atom stereocenters. The molecule has 4 N–H and O–H groups in total. The summed E-state index contributed by atoms with van der Waals surface area (Å²) in [5, 5.41) is 14.2. The van der Waals surface area contributed by atoms with Crippen molar-refractivity contribution in [3.8, 4) is 11.5 Å². The Morgan fingerprint density at radius 3 is 2.39 bits per heavy atom. The predicted octanol–water partition coefficient (Wildman–Crippen LogP) is 2.88. The Labute approximate surface area is 197 Å². The molecule has 3 unspecified atom stereocenters. The first-order chi connectivity index (χ1) is 16.0. The predicted molar refractivity (Wildman–Crippen MR) is 127 cm³/mol. The van der Waals surface area contributed by atoms with Crippen LogP contribution in [0.2, 0.25) is 0 Å². The molecule has 174 valence electrons. The van der Waals surface area contributed by atoms with Gasteiger partial charge in [-0.15, -0.1) is 11.8 Å². The van der Waals surface area contributed by atoms with Crippen LogP contribution in [0.4, 0.5) is 0 Å². The Morgan fingerprint density at radius 1 is 0.970 bits per heavy atom. The lowest BCUT2D eigenvalue weighted by atomic mass is 9.69. The van der Waals surface area contributed by atoms with E-state index < -0.39 is 6.23 Å². The number of aliphatic hydroxyl groups excluding tert-OH is 1. The van der Waals surface area contributed by atoms with Gasteiger partial charge in [-0.3, -0.25) is 4.79 Å². The summed E-state index contributed by atoms with van der Waals surface area (Å²) in [6, 6.07) is 14.2. The number of nitrogens with one attached hydrogen (secondary N) is 3. The van der Waals surface area contributed by atoms with Crippen molar-refractivity contribution in [2.45, 2.75) is 42.0 Å². The Kier molecular flexibility index (Phi) is 6.09. The fourth-order valence-corrected chi connectivity index (χ4v) is 5.82. The fraction of sp³-hybridized carbons (Fsp3) is 0.400. The maximum atomic E-state index is 13.6. The molecule has 1 aliphatic carbocycles. The normalized spacial score (nSPS) is 28.7. The van der Waals surface area contributed by atoms with Crippen LogP contribution < -0.4 is 25.6 Å². The quantitative estimate of drug-likeness (QED) is 0.499. The molecule has 7 nitrogen and oxygen atoms in total. The second-order valence-corrected chi connectivity index (χ2v) is 9.60. The van der Waals surface area contributed by atoms with E-state index in [2.05, 4.69) is 40.4 Å². The van der Waals surface area contributed by atoms with Crippen molar-refractivity contribution in [1.29, 1.82) is 0 Å². The van der Waals surface area contributed by atoms with Crippen molar-refractivity contribution in [3.05, 3.63) is 64.9 Å². The molecule has 3 aliphatic rings. The molecular weight excluding hydrogens is 438 g/mol. The summed E-state index contributed by atoms with van der Waals surface area (Å²) < 4.78 is 10.8. The first kappa shape index (κ1) is 22.3. The number of hydrogen-bond acceptors (Lipinski definition) is 8. The van der Waals surface area contributed by atoms with Gasteiger partial charge in [-0.1, -0.05) is 18.2 Å². The minimum absolute atomic E-state index is 0.0407. The van der Waals surface area contributed by atoms with Crippen LogP contribution in [-0.4, -0.2) is 43.8 Å². The summed E-state index contributed by atoms with van der Waals surface area (Å²) in [7, 11) is 3.23. The average Bonchev–Trinajstić information content (AvgIpc) is 3.22. The topological polar surface area (TPSA) is 91.9 Å². The Hall–Kier alpha value is -2.52. The van der Waals surface area contributed by atoms with E-state index in [0.29, 0.717) is 17.9 Å². The number of carbonyl (C=O) groups excluding carboxylic acids is 1. The number of aliphatic hydroxyl groups is 1. The van der Waals surface area contributed by atoms with Gasteiger partial charge >= 0.3 is 0 Å². The molecule has 0 spiro atoms. The number of Topliss-reactive ketones (excluding diaryl/α,β-unsaturated/α-hetero) is 1. The summed E-state index contributed by atoms with van der Waals surface area (Å²) in [5.41, 5.74) is 9.98.